The van der Waals surface area contributed by atoms with E-state index in [2.05, 4.69) is 29.6 Å². The van der Waals surface area contributed by atoms with Gasteiger partial charge in [-0.1, -0.05) is 48.5 Å². The van der Waals surface area contributed by atoms with Crippen molar-refractivity contribution < 1.29 is 61.6 Å². The first-order valence-electron chi connectivity index (χ1n) is 18.2. The predicted octanol–water partition coefficient (Wildman–Crippen LogP) is 3.34. The summed E-state index contributed by atoms with van der Waals surface area (Å²) in [5, 5.41) is 2.74. The molecule has 1 aliphatic carbocycles. The molecule has 52 heavy (non-hydrogen) atoms. The van der Waals surface area contributed by atoms with Crippen LogP contribution < -0.4 is 5.32 Å². The van der Waals surface area contributed by atoms with Crippen molar-refractivity contribution >= 4 is 6.09 Å². The largest absolute Gasteiger partial charge is 0.449 e. The van der Waals surface area contributed by atoms with Gasteiger partial charge in [0.1, 0.15) is 6.61 Å². The number of alkyl carbamates (subject to hydrolysis) is 1. The van der Waals surface area contributed by atoms with E-state index in [4.69, 9.17) is 56.8 Å². The molecule has 0 spiro atoms. The minimum atomic E-state index is -0.452. The Balaban J connectivity index is 0.958. The minimum absolute atomic E-state index is 0.0375. The molecule has 0 aromatic heterocycles. The maximum atomic E-state index is 12.2. The van der Waals surface area contributed by atoms with Crippen LogP contribution in [0.3, 0.4) is 0 Å². The summed E-state index contributed by atoms with van der Waals surface area (Å²) < 4.78 is 65.1. The SMILES string of the molecule is COCCOCCOCCOCCOCCOCCOCCOCCOCCOCCOCCNC(=O)OCC1c2ccccc2-c2ccccc21. The summed E-state index contributed by atoms with van der Waals surface area (Å²) in [6.07, 6.45) is -0.452. The number of hydrogen-bond donors (Lipinski definition) is 1. The van der Waals surface area contributed by atoms with Crippen LogP contribution in [0.25, 0.3) is 11.1 Å². The van der Waals surface area contributed by atoms with E-state index in [0.717, 1.165) is 0 Å². The Morgan fingerprint density at radius 2 is 0.769 bits per heavy atom. The second kappa shape index (κ2) is 30.7. The smallest absolute Gasteiger partial charge is 0.407 e. The lowest BCUT2D eigenvalue weighted by atomic mass is 9.98. The third kappa shape index (κ3) is 19.9. The van der Waals surface area contributed by atoms with Gasteiger partial charge in [0, 0.05) is 19.6 Å². The lowest BCUT2D eigenvalue weighted by Crippen LogP contribution is -2.29. The molecule has 2 aromatic rings. The molecule has 1 N–H and O–H groups in total. The average Bonchev–Trinajstić information content (AvgIpc) is 3.49. The summed E-state index contributed by atoms with van der Waals surface area (Å²) in [5.41, 5.74) is 4.77. The van der Waals surface area contributed by atoms with Gasteiger partial charge in [0.05, 0.1) is 139 Å². The number of amides is 1. The Labute approximate surface area is 308 Å². The molecule has 1 aliphatic rings. The number of rotatable bonds is 35. The third-order valence-corrected chi connectivity index (χ3v) is 7.64. The van der Waals surface area contributed by atoms with Crippen LogP contribution in [0.1, 0.15) is 17.0 Å². The van der Waals surface area contributed by atoms with Crippen LogP contribution in [0.2, 0.25) is 0 Å². The molecule has 0 fully saturated rings. The topological polar surface area (TPSA) is 140 Å². The third-order valence-electron chi connectivity index (χ3n) is 7.64. The van der Waals surface area contributed by atoms with E-state index >= 15 is 0 Å². The number of carbonyl (C=O) groups is 1. The molecule has 1 amide bonds. The number of nitrogens with one attached hydrogen (secondary N) is 1. The molecular weight excluding hydrogens is 678 g/mol. The zero-order valence-electron chi connectivity index (χ0n) is 30.8. The highest BCUT2D eigenvalue weighted by Gasteiger charge is 2.28. The average molecular weight is 738 g/mol. The number of fused-ring (bicyclic) bond motifs is 3. The summed E-state index contributed by atoms with van der Waals surface area (Å²) in [6, 6.07) is 16.5. The minimum Gasteiger partial charge on any atom is -0.449 e. The monoisotopic (exact) mass is 737 g/mol. The Kier molecular flexibility index (Phi) is 25.8. The van der Waals surface area contributed by atoms with Crippen molar-refractivity contribution in [1.82, 2.24) is 5.32 Å². The van der Waals surface area contributed by atoms with Crippen LogP contribution in [-0.2, 0) is 56.8 Å². The van der Waals surface area contributed by atoms with Gasteiger partial charge < -0.3 is 62.2 Å². The highest BCUT2D eigenvalue weighted by Crippen LogP contribution is 2.44. The van der Waals surface area contributed by atoms with E-state index in [0.29, 0.717) is 145 Å². The molecule has 0 atom stereocenters. The van der Waals surface area contributed by atoms with Crippen LogP contribution in [0, 0.1) is 0 Å². The van der Waals surface area contributed by atoms with Gasteiger partial charge in [-0.15, -0.1) is 0 Å². The normalized spacial score (nSPS) is 12.2. The van der Waals surface area contributed by atoms with E-state index in [1.54, 1.807) is 7.11 Å². The second-order valence-electron chi connectivity index (χ2n) is 11.4. The highest BCUT2D eigenvalue weighted by molar-refractivity contribution is 5.79. The molecule has 294 valence electrons. The van der Waals surface area contributed by atoms with E-state index in [9.17, 15) is 4.79 Å². The fourth-order valence-electron chi connectivity index (χ4n) is 5.10. The zero-order chi connectivity index (χ0) is 36.6. The Morgan fingerprint density at radius 1 is 0.462 bits per heavy atom. The maximum Gasteiger partial charge on any atom is 0.407 e. The molecule has 0 saturated heterocycles. The number of methoxy groups -OCH3 is 1. The van der Waals surface area contributed by atoms with Crippen molar-refractivity contribution in [2.24, 2.45) is 0 Å². The van der Waals surface area contributed by atoms with Gasteiger partial charge in [-0.2, -0.15) is 0 Å². The predicted molar refractivity (Wildman–Crippen MR) is 193 cm³/mol. The van der Waals surface area contributed by atoms with Crippen molar-refractivity contribution in [3.63, 3.8) is 0 Å². The number of carbonyl (C=O) groups excluding carboxylic acids is 1. The summed E-state index contributed by atoms with van der Waals surface area (Å²) in [4.78, 5) is 12.2. The molecule has 14 nitrogen and oxygen atoms in total. The lowest BCUT2D eigenvalue weighted by Gasteiger charge is -2.14. The quantitative estimate of drug-likeness (QED) is 0.104. The first-order chi connectivity index (χ1) is 25.8. The summed E-state index contributed by atoms with van der Waals surface area (Å²) >= 11 is 0. The van der Waals surface area contributed by atoms with E-state index in [-0.39, 0.29) is 12.5 Å². The first kappa shape index (κ1) is 43.7. The standard InChI is InChI=1S/C38H59NO13/c1-41-12-13-43-16-17-45-20-21-47-24-25-49-28-29-51-31-30-50-27-26-48-23-22-46-19-18-44-15-14-42-11-10-39-38(40)52-32-37-35-8-4-2-6-33(35)34-7-3-5-9-36(34)37/h2-9,37H,10-32H2,1H3,(H,39,40). The van der Waals surface area contributed by atoms with E-state index < -0.39 is 6.09 Å². The number of hydrogen-bond acceptors (Lipinski definition) is 13. The van der Waals surface area contributed by atoms with Gasteiger partial charge in [0.25, 0.3) is 0 Å². The van der Waals surface area contributed by atoms with Crippen molar-refractivity contribution in [3.05, 3.63) is 59.7 Å². The van der Waals surface area contributed by atoms with Gasteiger partial charge in [-0.05, 0) is 22.3 Å². The molecule has 0 heterocycles. The Hall–Kier alpha value is -2.73. The summed E-state index contributed by atoms with van der Waals surface area (Å²) in [5.74, 6) is 0.0375. The molecule has 0 saturated carbocycles. The van der Waals surface area contributed by atoms with Crippen molar-refractivity contribution in [2.45, 2.75) is 5.92 Å². The van der Waals surface area contributed by atoms with Crippen molar-refractivity contribution in [2.75, 3.05) is 159 Å². The number of ether oxygens (including phenoxy) is 12. The fraction of sp³-hybridized carbons (Fsp3) is 0.658. The number of benzene rings is 2. The Morgan fingerprint density at radius 3 is 1.12 bits per heavy atom. The molecule has 3 rings (SSSR count). The first-order valence-corrected chi connectivity index (χ1v) is 18.2. The molecule has 14 heteroatoms. The summed E-state index contributed by atoms with van der Waals surface area (Å²) in [6.45, 7) is 11.1. The molecule has 0 unspecified atom stereocenters. The highest BCUT2D eigenvalue weighted by atomic mass is 16.6. The molecule has 0 radical (unpaired) electrons. The van der Waals surface area contributed by atoms with Gasteiger partial charge in [0.2, 0.25) is 0 Å². The van der Waals surface area contributed by atoms with Crippen molar-refractivity contribution in [3.8, 4) is 11.1 Å². The second-order valence-corrected chi connectivity index (χ2v) is 11.4. The van der Waals surface area contributed by atoms with Gasteiger partial charge >= 0.3 is 6.09 Å². The van der Waals surface area contributed by atoms with Crippen LogP contribution in [-0.4, -0.2) is 165 Å². The summed E-state index contributed by atoms with van der Waals surface area (Å²) in [7, 11) is 1.64. The molecule has 0 aliphatic heterocycles. The van der Waals surface area contributed by atoms with E-state index in [1.807, 2.05) is 24.3 Å². The van der Waals surface area contributed by atoms with Crippen LogP contribution in [0.4, 0.5) is 4.79 Å². The fourth-order valence-corrected chi connectivity index (χ4v) is 5.10. The van der Waals surface area contributed by atoms with Crippen LogP contribution >= 0.6 is 0 Å². The zero-order valence-corrected chi connectivity index (χ0v) is 30.8. The van der Waals surface area contributed by atoms with Gasteiger partial charge in [0.15, 0.2) is 0 Å². The molecule has 0 bridgehead atoms. The van der Waals surface area contributed by atoms with Gasteiger partial charge in [-0.3, -0.25) is 0 Å². The lowest BCUT2D eigenvalue weighted by molar-refractivity contribution is -0.0270. The van der Waals surface area contributed by atoms with Crippen molar-refractivity contribution in [1.29, 1.82) is 0 Å². The van der Waals surface area contributed by atoms with E-state index in [1.165, 1.54) is 22.3 Å². The Bertz CT molecular complexity index is 1110. The van der Waals surface area contributed by atoms with Crippen LogP contribution in [0.5, 0.6) is 0 Å². The molecular formula is C38H59NO13. The molecule has 2 aromatic carbocycles. The van der Waals surface area contributed by atoms with Crippen LogP contribution in [0.15, 0.2) is 48.5 Å². The van der Waals surface area contributed by atoms with Gasteiger partial charge in [-0.25, -0.2) is 4.79 Å². The maximum absolute atomic E-state index is 12.2.